The van der Waals surface area contributed by atoms with Crippen LogP contribution < -0.4 is 4.90 Å². The van der Waals surface area contributed by atoms with Gasteiger partial charge >= 0.3 is 0 Å². The van der Waals surface area contributed by atoms with E-state index in [2.05, 4.69) is 41.3 Å². The fraction of sp³-hybridized carbons (Fsp3) is 0.348. The molecule has 0 spiro atoms. The summed E-state index contributed by atoms with van der Waals surface area (Å²) in [5, 5.41) is 1.09. The molecule has 1 aliphatic rings. The molecule has 0 aliphatic heterocycles. The smallest absolute Gasteiger partial charge is 0.227 e. The number of hydrogen-bond donors (Lipinski definition) is 0. The standard InChI is InChI=1S/C23H26N2O2/c1-24(2)20-9-7-16(8-10-20)14-25(3)23(26)13-19-15-27-22-12-18-6-4-5-17(18)11-21(19)22/h7-12,15H,4-6,13-14H2,1-3H3. The Kier molecular flexibility index (Phi) is 4.65. The molecular formula is C23H26N2O2. The second kappa shape index (κ2) is 7.10. The lowest BCUT2D eigenvalue weighted by Gasteiger charge is -2.18. The molecule has 4 nitrogen and oxygen atoms in total. The number of aryl methyl sites for hydroxylation is 2. The Morgan fingerprint density at radius 3 is 2.44 bits per heavy atom. The van der Waals surface area contributed by atoms with Crippen LogP contribution in [-0.4, -0.2) is 32.0 Å². The number of rotatable bonds is 5. The second-order valence-corrected chi connectivity index (χ2v) is 7.72. The highest BCUT2D eigenvalue weighted by Crippen LogP contribution is 2.30. The van der Waals surface area contributed by atoms with Gasteiger partial charge in [0.1, 0.15) is 5.58 Å². The van der Waals surface area contributed by atoms with Crippen LogP contribution in [0.2, 0.25) is 0 Å². The SMILES string of the molecule is CN(Cc1ccc(N(C)C)cc1)C(=O)Cc1coc2cc3c(cc12)CCC3. The van der Waals surface area contributed by atoms with Crippen molar-refractivity contribution in [1.29, 1.82) is 0 Å². The van der Waals surface area contributed by atoms with Crippen LogP contribution in [0.4, 0.5) is 5.69 Å². The summed E-state index contributed by atoms with van der Waals surface area (Å²) in [6, 6.07) is 12.7. The number of hydrogen-bond acceptors (Lipinski definition) is 3. The van der Waals surface area contributed by atoms with E-state index < -0.39 is 0 Å². The predicted octanol–water partition coefficient (Wildman–Crippen LogP) is 4.19. The first-order valence-electron chi connectivity index (χ1n) is 9.53. The first-order valence-corrected chi connectivity index (χ1v) is 9.53. The predicted molar refractivity (Wildman–Crippen MR) is 109 cm³/mol. The van der Waals surface area contributed by atoms with Crippen LogP contribution in [0.15, 0.2) is 47.1 Å². The quantitative estimate of drug-likeness (QED) is 0.683. The van der Waals surface area contributed by atoms with Crippen molar-refractivity contribution in [3.05, 3.63) is 64.9 Å². The summed E-state index contributed by atoms with van der Waals surface area (Å²) >= 11 is 0. The largest absolute Gasteiger partial charge is 0.464 e. The third-order valence-corrected chi connectivity index (χ3v) is 5.51. The van der Waals surface area contributed by atoms with Gasteiger partial charge in [-0.3, -0.25) is 4.79 Å². The molecule has 0 fully saturated rings. The zero-order chi connectivity index (χ0) is 19.0. The number of carbonyl (C=O) groups excluding carboxylic acids is 1. The molecule has 2 aromatic carbocycles. The lowest BCUT2D eigenvalue weighted by Crippen LogP contribution is -2.27. The van der Waals surface area contributed by atoms with Gasteiger partial charge in [0.15, 0.2) is 0 Å². The van der Waals surface area contributed by atoms with Gasteiger partial charge in [0.2, 0.25) is 5.91 Å². The van der Waals surface area contributed by atoms with E-state index in [-0.39, 0.29) is 5.91 Å². The summed E-state index contributed by atoms with van der Waals surface area (Å²) in [6.45, 7) is 0.609. The monoisotopic (exact) mass is 362 g/mol. The Balaban J connectivity index is 1.46. The van der Waals surface area contributed by atoms with E-state index in [4.69, 9.17) is 4.42 Å². The summed E-state index contributed by atoms with van der Waals surface area (Å²) in [5.41, 5.74) is 6.98. The Morgan fingerprint density at radius 2 is 1.74 bits per heavy atom. The number of amides is 1. The lowest BCUT2D eigenvalue weighted by molar-refractivity contribution is -0.129. The third kappa shape index (κ3) is 3.57. The number of carbonyl (C=O) groups is 1. The average Bonchev–Trinajstić information content (AvgIpc) is 3.26. The van der Waals surface area contributed by atoms with Crippen LogP contribution in [0.5, 0.6) is 0 Å². The molecule has 0 atom stereocenters. The molecule has 0 unspecified atom stereocenters. The first-order chi connectivity index (χ1) is 13.0. The van der Waals surface area contributed by atoms with Crippen molar-refractivity contribution in [3.63, 3.8) is 0 Å². The molecule has 1 heterocycles. The third-order valence-electron chi connectivity index (χ3n) is 5.51. The van der Waals surface area contributed by atoms with E-state index in [0.29, 0.717) is 13.0 Å². The van der Waals surface area contributed by atoms with Crippen molar-refractivity contribution in [2.45, 2.75) is 32.2 Å². The first kappa shape index (κ1) is 17.7. The highest BCUT2D eigenvalue weighted by Gasteiger charge is 2.18. The Bertz CT molecular complexity index is 970. The van der Waals surface area contributed by atoms with E-state index in [1.54, 1.807) is 11.2 Å². The number of furan rings is 1. The molecule has 0 bridgehead atoms. The molecule has 3 aromatic rings. The fourth-order valence-corrected chi connectivity index (χ4v) is 3.84. The molecule has 27 heavy (non-hydrogen) atoms. The van der Waals surface area contributed by atoms with Crippen molar-refractivity contribution >= 4 is 22.6 Å². The van der Waals surface area contributed by atoms with Gasteiger partial charge in [-0.05, 0) is 60.2 Å². The van der Waals surface area contributed by atoms with Gasteiger partial charge in [0.05, 0.1) is 12.7 Å². The lowest BCUT2D eigenvalue weighted by atomic mass is 10.0. The zero-order valence-corrected chi connectivity index (χ0v) is 16.3. The summed E-state index contributed by atoms with van der Waals surface area (Å²) in [7, 11) is 5.91. The van der Waals surface area contributed by atoms with Gasteiger partial charge in [0.25, 0.3) is 0 Å². The molecule has 0 N–H and O–H groups in total. The fourth-order valence-electron chi connectivity index (χ4n) is 3.84. The topological polar surface area (TPSA) is 36.7 Å². The van der Waals surface area contributed by atoms with Crippen LogP contribution >= 0.6 is 0 Å². The van der Waals surface area contributed by atoms with E-state index >= 15 is 0 Å². The van der Waals surface area contributed by atoms with Gasteiger partial charge in [-0.25, -0.2) is 0 Å². The molecule has 4 rings (SSSR count). The molecule has 1 amide bonds. The van der Waals surface area contributed by atoms with E-state index in [1.165, 1.54) is 17.5 Å². The van der Waals surface area contributed by atoms with Crippen molar-refractivity contribution < 1.29 is 9.21 Å². The van der Waals surface area contributed by atoms with Crippen LogP contribution in [0.1, 0.15) is 28.7 Å². The Labute approximate surface area is 160 Å². The van der Waals surface area contributed by atoms with Gasteiger partial charge in [0, 0.05) is 44.3 Å². The van der Waals surface area contributed by atoms with Gasteiger partial charge in [-0.15, -0.1) is 0 Å². The number of anilines is 1. The van der Waals surface area contributed by atoms with Crippen molar-refractivity contribution in [3.8, 4) is 0 Å². The minimum atomic E-state index is 0.106. The number of benzene rings is 2. The van der Waals surface area contributed by atoms with Crippen molar-refractivity contribution in [2.24, 2.45) is 0 Å². The molecule has 0 saturated carbocycles. The van der Waals surface area contributed by atoms with Crippen molar-refractivity contribution in [1.82, 2.24) is 4.90 Å². The highest BCUT2D eigenvalue weighted by molar-refractivity contribution is 5.88. The maximum atomic E-state index is 12.7. The number of likely N-dealkylation sites (N-methyl/N-ethyl adjacent to an activating group) is 1. The zero-order valence-electron chi connectivity index (χ0n) is 16.3. The number of nitrogens with zero attached hydrogens (tertiary/aromatic N) is 2. The second-order valence-electron chi connectivity index (χ2n) is 7.72. The van der Waals surface area contributed by atoms with Gasteiger partial charge < -0.3 is 14.2 Å². The molecule has 140 valence electrons. The summed E-state index contributed by atoms with van der Waals surface area (Å²) in [4.78, 5) is 16.6. The molecule has 4 heteroatoms. The highest BCUT2D eigenvalue weighted by atomic mass is 16.3. The summed E-state index contributed by atoms with van der Waals surface area (Å²) in [5.74, 6) is 0.106. The Hall–Kier alpha value is -2.75. The minimum absolute atomic E-state index is 0.106. The van der Waals surface area contributed by atoms with Gasteiger partial charge in [-0.1, -0.05) is 12.1 Å². The van der Waals surface area contributed by atoms with Gasteiger partial charge in [-0.2, -0.15) is 0 Å². The summed E-state index contributed by atoms with van der Waals surface area (Å²) in [6.07, 6.45) is 5.60. The molecule has 0 saturated heterocycles. The van der Waals surface area contributed by atoms with Crippen LogP contribution in [0, 0.1) is 0 Å². The van der Waals surface area contributed by atoms with Crippen LogP contribution in [-0.2, 0) is 30.6 Å². The Morgan fingerprint density at radius 1 is 1.04 bits per heavy atom. The van der Waals surface area contributed by atoms with E-state index in [0.717, 1.165) is 40.6 Å². The van der Waals surface area contributed by atoms with E-state index in [1.807, 2.05) is 21.1 Å². The summed E-state index contributed by atoms with van der Waals surface area (Å²) < 4.78 is 5.73. The molecular weight excluding hydrogens is 336 g/mol. The number of fused-ring (bicyclic) bond motifs is 2. The van der Waals surface area contributed by atoms with E-state index in [9.17, 15) is 4.79 Å². The minimum Gasteiger partial charge on any atom is -0.464 e. The molecule has 0 radical (unpaired) electrons. The van der Waals surface area contributed by atoms with Crippen molar-refractivity contribution in [2.75, 3.05) is 26.0 Å². The average molecular weight is 362 g/mol. The van der Waals surface area contributed by atoms with Crippen LogP contribution in [0.3, 0.4) is 0 Å². The van der Waals surface area contributed by atoms with Crippen LogP contribution in [0.25, 0.3) is 11.0 Å². The maximum absolute atomic E-state index is 12.7. The normalized spacial score (nSPS) is 13.0. The molecule has 1 aromatic heterocycles. The maximum Gasteiger partial charge on any atom is 0.227 e. The molecule has 1 aliphatic carbocycles.